The lowest BCUT2D eigenvalue weighted by molar-refractivity contribution is -0.151. The van der Waals surface area contributed by atoms with Gasteiger partial charge in [-0.1, -0.05) is 50.7 Å². The minimum absolute atomic E-state index is 0.198. The molecule has 12 heteroatoms. The number of nitrogens with one attached hydrogen (secondary N) is 1. The summed E-state index contributed by atoms with van der Waals surface area (Å²) in [5, 5.41) is 3.25. The van der Waals surface area contributed by atoms with Crippen LogP contribution in [-0.4, -0.2) is 102 Å². The second kappa shape index (κ2) is 21.5. The van der Waals surface area contributed by atoms with Crippen LogP contribution in [0.3, 0.4) is 0 Å². The maximum atomic E-state index is 13.6. The van der Waals surface area contributed by atoms with Crippen LogP contribution in [0, 0.1) is 12.7 Å². The van der Waals surface area contributed by atoms with Gasteiger partial charge in [-0.15, -0.1) is 0 Å². The van der Waals surface area contributed by atoms with E-state index in [1.807, 2.05) is 76.2 Å². The van der Waals surface area contributed by atoms with Crippen molar-refractivity contribution in [1.29, 1.82) is 0 Å². The summed E-state index contributed by atoms with van der Waals surface area (Å²) < 4.78 is 15.5. The molecule has 3 atom stereocenters. The zero-order valence-electron chi connectivity index (χ0n) is 29.7. The first-order chi connectivity index (χ1) is 22.7. The Morgan fingerprint density at radius 2 is 1.77 bits per heavy atom. The normalized spacial score (nSPS) is 16.9. The van der Waals surface area contributed by atoms with Crippen molar-refractivity contribution in [2.24, 2.45) is 4.99 Å². The molecule has 48 heavy (non-hydrogen) atoms. The predicted octanol–water partition coefficient (Wildman–Crippen LogP) is 6.22. The van der Waals surface area contributed by atoms with Crippen LogP contribution in [0.5, 0.6) is 0 Å². The molecule has 0 saturated carbocycles. The molecule has 2 amide bonds. The largest absolute Gasteiger partial charge is 0.363 e. The van der Waals surface area contributed by atoms with Crippen molar-refractivity contribution in [3.8, 4) is 0 Å². The van der Waals surface area contributed by atoms with E-state index in [9.17, 15) is 18.8 Å². The van der Waals surface area contributed by atoms with E-state index < -0.39 is 18.2 Å². The fraction of sp³-hybridized carbons (Fsp3) is 0.444. The molecule has 0 aliphatic carbocycles. The number of nitrogens with zero attached hydrogens (tertiary/aromatic N) is 5. The molecule has 1 N–H and O–H groups in total. The number of hydrogen-bond acceptors (Lipinski definition) is 8. The van der Waals surface area contributed by atoms with Gasteiger partial charge in [-0.2, -0.15) is 0 Å². The molecule has 1 fully saturated rings. The molecule has 0 aromatic heterocycles. The molecule has 2 aromatic carbocycles. The van der Waals surface area contributed by atoms with E-state index in [1.165, 1.54) is 24.1 Å². The number of carbonyl (C=O) groups is 3. The second-order valence-electron chi connectivity index (χ2n) is 11.6. The number of allylic oxidation sites excluding steroid dienone is 1. The van der Waals surface area contributed by atoms with Gasteiger partial charge in [0.2, 0.25) is 12.3 Å². The van der Waals surface area contributed by atoms with Crippen LogP contribution in [0.4, 0.5) is 4.39 Å². The molecule has 1 aliphatic rings. The summed E-state index contributed by atoms with van der Waals surface area (Å²) in [6.45, 7) is 20.1. The quantitative estimate of drug-likeness (QED) is 0.142. The molecule has 0 radical (unpaired) electrons. The van der Waals surface area contributed by atoms with Crippen molar-refractivity contribution in [2.75, 3.05) is 34.2 Å². The van der Waals surface area contributed by atoms with Crippen LogP contribution >= 0.6 is 23.5 Å². The Morgan fingerprint density at radius 1 is 1.15 bits per heavy atom. The number of halogens is 2. The lowest BCUT2D eigenvalue weighted by atomic mass is 10.0. The predicted molar refractivity (Wildman–Crippen MR) is 198 cm³/mol. The standard InChI is InChI=1S/C26H32ClFN4O3S.C8H14N2.C2H6/c1-17(2)30(4)14-25-31(36-24-10-7-20(27)11-18(24)3)13-23(29-16-34)26(35)32(25)22(15-33)12-19-5-8-21(28)9-6-19;1-7(2)6-9-8(3)10(4)5;1-2/h5-11,15-17,22-23,25H,12-14H2,1-4H3,(H,29,34);6H,1,3H2,2,4-5H3;1-2H3/b;9-6-;. The minimum atomic E-state index is -0.820. The summed E-state index contributed by atoms with van der Waals surface area (Å²) in [5.74, 6) is 0.0409. The summed E-state index contributed by atoms with van der Waals surface area (Å²) >= 11 is 7.62. The van der Waals surface area contributed by atoms with Gasteiger partial charge in [-0.3, -0.25) is 9.59 Å². The number of hydrogen-bond donors (Lipinski definition) is 1. The van der Waals surface area contributed by atoms with Crippen LogP contribution in [0.25, 0.3) is 0 Å². The van der Waals surface area contributed by atoms with Gasteiger partial charge in [0, 0.05) is 49.4 Å². The first kappa shape index (κ1) is 42.5. The van der Waals surface area contributed by atoms with Gasteiger partial charge in [-0.05, 0) is 100 Å². The number of likely N-dealkylation sites (N-methyl/N-ethyl adjacent to an activating group) is 1. The zero-order valence-corrected chi connectivity index (χ0v) is 31.3. The number of aliphatic imine (C=N–C) groups is 1. The third-order valence-electron chi connectivity index (χ3n) is 7.35. The van der Waals surface area contributed by atoms with Crippen LogP contribution < -0.4 is 5.32 Å². The molecule has 1 heterocycles. The summed E-state index contributed by atoms with van der Waals surface area (Å²) in [5.41, 5.74) is 2.64. The Balaban J connectivity index is 0.000000822. The van der Waals surface area contributed by atoms with Crippen molar-refractivity contribution in [2.45, 2.75) is 77.2 Å². The van der Waals surface area contributed by atoms with Crippen molar-refractivity contribution in [3.63, 3.8) is 0 Å². The van der Waals surface area contributed by atoms with Crippen molar-refractivity contribution in [3.05, 3.63) is 89.0 Å². The zero-order chi connectivity index (χ0) is 36.6. The first-order valence-electron chi connectivity index (χ1n) is 15.9. The topological polar surface area (TPSA) is 88.6 Å². The van der Waals surface area contributed by atoms with Crippen molar-refractivity contribution in [1.82, 2.24) is 24.3 Å². The molecule has 0 spiro atoms. The maximum Gasteiger partial charge on any atom is 0.248 e. The van der Waals surface area contributed by atoms with Gasteiger partial charge in [-0.25, -0.2) is 13.7 Å². The van der Waals surface area contributed by atoms with E-state index in [0.29, 0.717) is 18.0 Å². The number of aryl methyl sites for hydroxylation is 1. The first-order valence-corrected chi connectivity index (χ1v) is 17.0. The van der Waals surface area contributed by atoms with Crippen molar-refractivity contribution >= 4 is 48.4 Å². The molecular weight excluding hydrogens is 651 g/mol. The lowest BCUT2D eigenvalue weighted by Gasteiger charge is -2.49. The fourth-order valence-corrected chi connectivity index (χ4v) is 5.72. The van der Waals surface area contributed by atoms with Gasteiger partial charge in [0.05, 0.1) is 6.04 Å². The summed E-state index contributed by atoms with van der Waals surface area (Å²) in [6.07, 6.45) is 2.72. The van der Waals surface area contributed by atoms with Gasteiger partial charge < -0.3 is 24.8 Å². The van der Waals surface area contributed by atoms with E-state index >= 15 is 0 Å². The van der Waals surface area contributed by atoms with Gasteiger partial charge in [0.25, 0.3) is 0 Å². The highest BCUT2D eigenvalue weighted by molar-refractivity contribution is 7.97. The molecule has 3 unspecified atom stereocenters. The maximum absolute atomic E-state index is 13.6. The lowest BCUT2D eigenvalue weighted by Crippen LogP contribution is -2.68. The van der Waals surface area contributed by atoms with E-state index in [2.05, 4.69) is 42.2 Å². The highest BCUT2D eigenvalue weighted by Crippen LogP contribution is 2.34. The number of amides is 2. The molecule has 264 valence electrons. The number of rotatable bonds is 14. The molecule has 1 saturated heterocycles. The van der Waals surface area contributed by atoms with E-state index in [0.717, 1.165) is 33.7 Å². The van der Waals surface area contributed by atoms with Crippen LogP contribution in [-0.2, 0) is 20.8 Å². The number of benzene rings is 2. The van der Waals surface area contributed by atoms with Crippen LogP contribution in [0.15, 0.2) is 76.9 Å². The Morgan fingerprint density at radius 3 is 2.27 bits per heavy atom. The van der Waals surface area contributed by atoms with Gasteiger partial charge in [0.1, 0.15) is 30.1 Å². The number of carbonyl (C=O) groups excluding carboxylic acids is 3. The molecule has 9 nitrogen and oxygen atoms in total. The fourth-order valence-electron chi connectivity index (χ4n) is 4.40. The summed E-state index contributed by atoms with van der Waals surface area (Å²) in [6, 6.07) is 10.1. The summed E-state index contributed by atoms with van der Waals surface area (Å²) in [4.78, 5) is 47.9. The SMILES string of the molecule is C=C(C)/C=N\C(=C)N(C)C.CC.Cc1cc(Cl)ccc1SN1CC(NC=O)C(=O)N(C(C=O)Cc2ccc(F)cc2)C1CN(C)C(C)C. The minimum Gasteiger partial charge on any atom is -0.363 e. The van der Waals surface area contributed by atoms with E-state index in [1.54, 1.807) is 23.2 Å². The average Bonchev–Trinajstić information content (AvgIpc) is 3.04. The monoisotopic (exact) mass is 702 g/mol. The highest BCUT2D eigenvalue weighted by atomic mass is 35.5. The van der Waals surface area contributed by atoms with Crippen LogP contribution in [0.2, 0.25) is 5.02 Å². The summed E-state index contributed by atoms with van der Waals surface area (Å²) in [7, 11) is 5.77. The number of aldehydes is 1. The van der Waals surface area contributed by atoms with E-state index in [-0.39, 0.29) is 30.7 Å². The van der Waals surface area contributed by atoms with Crippen LogP contribution in [0.1, 0.15) is 45.7 Å². The third kappa shape index (κ3) is 13.5. The van der Waals surface area contributed by atoms with E-state index in [4.69, 9.17) is 11.6 Å². The third-order valence-corrected chi connectivity index (χ3v) is 8.86. The Hall–Kier alpha value is -3.51. The second-order valence-corrected chi connectivity index (χ2v) is 13.2. The van der Waals surface area contributed by atoms with Gasteiger partial charge in [0.15, 0.2) is 0 Å². The van der Waals surface area contributed by atoms with Gasteiger partial charge >= 0.3 is 0 Å². The molecule has 1 aliphatic heterocycles. The van der Waals surface area contributed by atoms with Crippen molar-refractivity contribution < 1.29 is 18.8 Å². The molecule has 0 bridgehead atoms. The highest BCUT2D eigenvalue weighted by Gasteiger charge is 2.44. The molecular formula is C36H52ClFN6O3S. The average molecular weight is 703 g/mol. The molecule has 3 rings (SSSR count). The Kier molecular flexibility index (Phi) is 19.0. The Labute approximate surface area is 296 Å². The Bertz CT molecular complexity index is 1390. The molecule has 2 aromatic rings. The smallest absolute Gasteiger partial charge is 0.248 e.